The Labute approximate surface area is 125 Å². The van der Waals surface area contributed by atoms with Gasteiger partial charge in [-0.25, -0.2) is 4.98 Å². The summed E-state index contributed by atoms with van der Waals surface area (Å²) >= 11 is 8.46. The Balaban J connectivity index is 2.31. The first-order valence-electron chi connectivity index (χ1n) is 5.68. The summed E-state index contributed by atoms with van der Waals surface area (Å²) in [7, 11) is 0. The van der Waals surface area contributed by atoms with E-state index >= 15 is 0 Å². The van der Waals surface area contributed by atoms with E-state index < -0.39 is 0 Å². The van der Waals surface area contributed by atoms with Crippen LogP contribution < -0.4 is 10.5 Å². The molecule has 3 nitrogen and oxygen atoms in total. The van der Waals surface area contributed by atoms with Gasteiger partial charge in [-0.15, -0.1) is 0 Å². The van der Waals surface area contributed by atoms with Crippen LogP contribution in [-0.2, 0) is 0 Å². The summed E-state index contributed by atoms with van der Waals surface area (Å²) in [4.78, 5) is 4.48. The predicted molar refractivity (Wildman–Crippen MR) is 83.8 cm³/mol. The minimum atomic E-state index is 0.329. The van der Waals surface area contributed by atoms with Gasteiger partial charge in [0.25, 0.3) is 0 Å². The van der Waals surface area contributed by atoms with Crippen molar-refractivity contribution in [2.45, 2.75) is 13.8 Å². The maximum atomic E-state index is 5.74. The third-order valence-electron chi connectivity index (χ3n) is 2.65. The number of aromatic nitrogens is 1. The number of halogens is 1. The van der Waals surface area contributed by atoms with Gasteiger partial charge in [0.15, 0.2) is 0 Å². The van der Waals surface area contributed by atoms with E-state index in [0.29, 0.717) is 10.9 Å². The van der Waals surface area contributed by atoms with Crippen LogP contribution in [0.25, 0.3) is 0 Å². The Kier molecular flexibility index (Phi) is 4.17. The van der Waals surface area contributed by atoms with Crippen LogP contribution in [0.4, 0.5) is 0 Å². The van der Waals surface area contributed by atoms with Gasteiger partial charge in [0.2, 0.25) is 5.88 Å². The third kappa shape index (κ3) is 3.30. The van der Waals surface area contributed by atoms with Crippen LogP contribution in [0.1, 0.15) is 16.7 Å². The monoisotopic (exact) mass is 336 g/mol. The maximum absolute atomic E-state index is 5.74. The molecule has 0 saturated carbocycles. The van der Waals surface area contributed by atoms with Crippen LogP contribution in [0, 0.1) is 13.8 Å². The SMILES string of the molecule is Cc1cc(Oc2cc(C(N)=S)ccn2)cc(C)c1Br. The highest BCUT2D eigenvalue weighted by Crippen LogP contribution is 2.28. The molecule has 2 aromatic rings. The van der Waals surface area contributed by atoms with E-state index in [-0.39, 0.29) is 0 Å². The second-order valence-electron chi connectivity index (χ2n) is 4.22. The lowest BCUT2D eigenvalue weighted by molar-refractivity contribution is 0.462. The smallest absolute Gasteiger partial charge is 0.219 e. The summed E-state index contributed by atoms with van der Waals surface area (Å²) in [5.41, 5.74) is 8.55. The van der Waals surface area contributed by atoms with Crippen LogP contribution in [0.2, 0.25) is 0 Å². The number of ether oxygens (including phenoxy) is 1. The molecule has 2 rings (SSSR count). The van der Waals surface area contributed by atoms with Crippen LogP contribution in [0.15, 0.2) is 34.9 Å². The number of nitrogens with two attached hydrogens (primary N) is 1. The van der Waals surface area contributed by atoms with Crippen molar-refractivity contribution in [2.24, 2.45) is 5.73 Å². The van der Waals surface area contributed by atoms with Crippen molar-refractivity contribution in [1.82, 2.24) is 4.98 Å². The van der Waals surface area contributed by atoms with E-state index in [2.05, 4.69) is 20.9 Å². The Morgan fingerprint density at radius 1 is 1.26 bits per heavy atom. The number of aryl methyl sites for hydroxylation is 2. The number of pyridine rings is 1. The summed E-state index contributed by atoms with van der Waals surface area (Å²) in [6, 6.07) is 7.39. The Hall–Kier alpha value is -1.46. The van der Waals surface area contributed by atoms with Crippen molar-refractivity contribution in [3.63, 3.8) is 0 Å². The molecule has 0 fully saturated rings. The van der Waals surface area contributed by atoms with E-state index in [1.165, 1.54) is 0 Å². The van der Waals surface area contributed by atoms with Gasteiger partial charge < -0.3 is 10.5 Å². The van der Waals surface area contributed by atoms with Crippen LogP contribution in [-0.4, -0.2) is 9.97 Å². The quantitative estimate of drug-likeness (QED) is 0.864. The molecule has 98 valence electrons. The molecule has 0 aliphatic heterocycles. The van der Waals surface area contributed by atoms with Gasteiger partial charge in [-0.1, -0.05) is 28.1 Å². The molecule has 0 atom stereocenters. The molecule has 1 aromatic carbocycles. The molecule has 0 amide bonds. The van der Waals surface area contributed by atoms with Crippen LogP contribution >= 0.6 is 28.1 Å². The lowest BCUT2D eigenvalue weighted by Crippen LogP contribution is -2.09. The van der Waals surface area contributed by atoms with E-state index in [4.69, 9.17) is 22.7 Å². The average Bonchev–Trinajstić information content (AvgIpc) is 2.36. The highest BCUT2D eigenvalue weighted by atomic mass is 79.9. The van der Waals surface area contributed by atoms with Gasteiger partial charge in [0.05, 0.1) is 0 Å². The van der Waals surface area contributed by atoms with Crippen LogP contribution in [0.5, 0.6) is 11.6 Å². The predicted octanol–water partition coefficient (Wildman–Crippen LogP) is 3.89. The minimum absolute atomic E-state index is 0.329. The van der Waals surface area contributed by atoms with Gasteiger partial charge >= 0.3 is 0 Å². The number of hydrogen-bond acceptors (Lipinski definition) is 3. The summed E-state index contributed by atoms with van der Waals surface area (Å²) in [6.07, 6.45) is 1.63. The minimum Gasteiger partial charge on any atom is -0.439 e. The fraction of sp³-hybridized carbons (Fsp3) is 0.143. The largest absolute Gasteiger partial charge is 0.439 e. The molecule has 1 aromatic heterocycles. The molecule has 0 aliphatic rings. The topological polar surface area (TPSA) is 48.1 Å². The lowest BCUT2D eigenvalue weighted by Gasteiger charge is -2.09. The van der Waals surface area contributed by atoms with Crippen molar-refractivity contribution in [3.05, 3.63) is 51.6 Å². The lowest BCUT2D eigenvalue weighted by atomic mass is 10.1. The first kappa shape index (κ1) is 14.0. The van der Waals surface area contributed by atoms with Crippen LogP contribution in [0.3, 0.4) is 0 Å². The molecule has 0 spiro atoms. The third-order valence-corrected chi connectivity index (χ3v) is 4.14. The second kappa shape index (κ2) is 5.67. The highest BCUT2D eigenvalue weighted by Gasteiger charge is 2.06. The fourth-order valence-electron chi connectivity index (χ4n) is 1.70. The first-order chi connectivity index (χ1) is 8.97. The number of rotatable bonds is 3. The standard InChI is InChI=1S/C14H13BrN2OS/c1-8-5-11(6-9(2)13(8)15)18-12-7-10(14(16)19)3-4-17-12/h3-7H,1-2H3,(H2,16,19). The molecule has 19 heavy (non-hydrogen) atoms. The molecular formula is C14H13BrN2OS. The van der Waals surface area contributed by atoms with Gasteiger partial charge in [0, 0.05) is 22.3 Å². The zero-order valence-corrected chi connectivity index (χ0v) is 13.0. The second-order valence-corrected chi connectivity index (χ2v) is 5.45. The molecule has 5 heteroatoms. The van der Waals surface area contributed by atoms with Gasteiger partial charge in [-0.05, 0) is 43.2 Å². The van der Waals surface area contributed by atoms with E-state index in [0.717, 1.165) is 26.9 Å². The highest BCUT2D eigenvalue weighted by molar-refractivity contribution is 9.10. The summed E-state index contributed by atoms with van der Waals surface area (Å²) in [5, 5.41) is 0. The van der Waals surface area contributed by atoms with Crippen molar-refractivity contribution in [3.8, 4) is 11.6 Å². The van der Waals surface area contributed by atoms with Crippen molar-refractivity contribution in [2.75, 3.05) is 0 Å². The van der Waals surface area contributed by atoms with Crippen molar-refractivity contribution < 1.29 is 4.74 Å². The maximum Gasteiger partial charge on any atom is 0.219 e. The molecule has 1 heterocycles. The van der Waals surface area contributed by atoms with Gasteiger partial charge in [-0.2, -0.15) is 0 Å². The molecule has 0 saturated heterocycles. The molecule has 2 N–H and O–H groups in total. The zero-order chi connectivity index (χ0) is 14.0. The number of benzene rings is 1. The summed E-state index contributed by atoms with van der Waals surface area (Å²) in [6.45, 7) is 4.03. The number of nitrogens with zero attached hydrogens (tertiary/aromatic N) is 1. The van der Waals surface area contributed by atoms with E-state index in [1.54, 1.807) is 18.3 Å². The fourth-order valence-corrected chi connectivity index (χ4v) is 2.06. The molecule has 0 unspecified atom stereocenters. The zero-order valence-electron chi connectivity index (χ0n) is 10.6. The normalized spacial score (nSPS) is 10.3. The number of thiocarbonyl (C=S) groups is 1. The summed E-state index contributed by atoms with van der Waals surface area (Å²) < 4.78 is 6.83. The Morgan fingerprint density at radius 3 is 2.47 bits per heavy atom. The average molecular weight is 337 g/mol. The molecule has 0 radical (unpaired) electrons. The van der Waals surface area contributed by atoms with Gasteiger partial charge in [0.1, 0.15) is 10.7 Å². The molecular weight excluding hydrogens is 324 g/mol. The van der Waals surface area contributed by atoms with E-state index in [1.807, 2.05) is 26.0 Å². The first-order valence-corrected chi connectivity index (χ1v) is 6.88. The Morgan fingerprint density at radius 2 is 1.89 bits per heavy atom. The van der Waals surface area contributed by atoms with Crippen molar-refractivity contribution in [1.29, 1.82) is 0 Å². The van der Waals surface area contributed by atoms with Gasteiger partial charge in [-0.3, -0.25) is 0 Å². The number of hydrogen-bond donors (Lipinski definition) is 1. The molecule has 0 aliphatic carbocycles. The Bertz CT molecular complexity index is 620. The molecule has 0 bridgehead atoms. The van der Waals surface area contributed by atoms with E-state index in [9.17, 15) is 0 Å². The summed E-state index contributed by atoms with van der Waals surface area (Å²) in [5.74, 6) is 1.22. The van der Waals surface area contributed by atoms with Crippen molar-refractivity contribution >= 4 is 33.1 Å².